The molecule has 0 spiro atoms. The van der Waals surface area contributed by atoms with Gasteiger partial charge in [0.05, 0.1) is 24.0 Å². The van der Waals surface area contributed by atoms with Crippen LogP contribution in [-0.2, 0) is 19.1 Å². The number of carbonyl (C=O) groups excluding carboxylic acids is 3. The van der Waals surface area contributed by atoms with Gasteiger partial charge in [0.15, 0.2) is 0 Å². The summed E-state index contributed by atoms with van der Waals surface area (Å²) in [5.74, 6) is -1.05. The highest BCUT2D eigenvalue weighted by Crippen LogP contribution is 2.33. The van der Waals surface area contributed by atoms with Gasteiger partial charge in [0, 0.05) is 26.3 Å². The Balaban J connectivity index is 1.91. The lowest BCUT2D eigenvalue weighted by Gasteiger charge is -2.36. The number of nitrogens with one attached hydrogen (secondary N) is 1. The lowest BCUT2D eigenvalue weighted by atomic mass is 10.1. The van der Waals surface area contributed by atoms with Crippen molar-refractivity contribution in [3.05, 3.63) is 45.2 Å². The zero-order chi connectivity index (χ0) is 23.0. The number of hydrogen-bond donors (Lipinski definition) is 1. The molecule has 2 aliphatic rings. The second-order valence-corrected chi connectivity index (χ2v) is 8.78. The van der Waals surface area contributed by atoms with Crippen molar-refractivity contribution in [2.24, 2.45) is 0 Å². The van der Waals surface area contributed by atoms with Crippen molar-refractivity contribution in [2.45, 2.75) is 12.5 Å². The number of carbonyl (C=O) groups is 3. The molecule has 0 bridgehead atoms. The van der Waals surface area contributed by atoms with Crippen LogP contribution in [0.3, 0.4) is 0 Å². The number of rotatable bonds is 4. The number of ether oxygens (including phenoxy) is 1. The van der Waals surface area contributed by atoms with Crippen LogP contribution in [0.1, 0.15) is 12.0 Å². The fourth-order valence-corrected chi connectivity index (χ4v) is 4.69. The summed E-state index contributed by atoms with van der Waals surface area (Å²) >= 11 is 6.27. The number of piperazine rings is 1. The number of thioether (sulfide) groups is 1. The molecule has 0 aromatic carbocycles. The number of nitrogens with zero attached hydrogens (tertiary/aromatic N) is 4. The molecule has 0 aliphatic carbocycles. The molecule has 1 atom stereocenters. The predicted octanol–water partition coefficient (Wildman–Crippen LogP) is 0.393. The molecule has 2 fully saturated rings. The smallest absolute Gasteiger partial charge is 0.308 e. The van der Waals surface area contributed by atoms with Crippen LogP contribution in [-0.4, -0.2) is 69.7 Å². The van der Waals surface area contributed by atoms with Crippen molar-refractivity contribution in [1.29, 1.82) is 0 Å². The minimum atomic E-state index is -0.915. The molecule has 4 rings (SSSR count). The first kappa shape index (κ1) is 22.0. The average molecular weight is 474 g/mol. The van der Waals surface area contributed by atoms with E-state index in [0.29, 0.717) is 23.1 Å². The molecule has 0 saturated carbocycles. The third kappa shape index (κ3) is 3.86. The molecular formula is C20H19N5O5S2. The first-order valence-corrected chi connectivity index (χ1v) is 10.9. The molecule has 2 aliphatic heterocycles. The first-order chi connectivity index (χ1) is 15.3. The Kier molecular flexibility index (Phi) is 5.98. The maximum absolute atomic E-state index is 13.4. The standard InChI is InChI=1S/C20H19N5O5S2/c1-23-19(29)13(32-20(23)31)9-11-16(22-14-5-3-4-7-25(14)18(11)28)24-8-6-21-17(27)12(24)10-15(26)30-2/h3-5,7,9,12H,6,8,10H2,1-2H3,(H,21,27)/b13-9+/t12-/m1/s1. The Bertz CT molecular complexity index is 1240. The van der Waals surface area contributed by atoms with Crippen LogP contribution in [0, 0.1) is 0 Å². The fourth-order valence-electron chi connectivity index (χ4n) is 3.53. The summed E-state index contributed by atoms with van der Waals surface area (Å²) in [7, 11) is 2.80. The molecule has 166 valence electrons. The second-order valence-electron chi connectivity index (χ2n) is 7.10. The normalized spacial score (nSPS) is 20.2. The van der Waals surface area contributed by atoms with Gasteiger partial charge in [-0.1, -0.05) is 30.0 Å². The zero-order valence-electron chi connectivity index (χ0n) is 17.2. The molecule has 2 aromatic rings. The number of anilines is 1. The monoisotopic (exact) mass is 473 g/mol. The van der Waals surface area contributed by atoms with E-state index in [0.717, 1.165) is 11.8 Å². The van der Waals surface area contributed by atoms with Crippen molar-refractivity contribution >= 4 is 63.6 Å². The summed E-state index contributed by atoms with van der Waals surface area (Å²) < 4.78 is 6.48. The van der Waals surface area contributed by atoms with Crippen LogP contribution in [0.4, 0.5) is 5.82 Å². The van der Waals surface area contributed by atoms with Crippen LogP contribution >= 0.6 is 24.0 Å². The predicted molar refractivity (Wildman–Crippen MR) is 123 cm³/mol. The average Bonchev–Trinajstić information content (AvgIpc) is 3.03. The number of pyridine rings is 1. The minimum Gasteiger partial charge on any atom is -0.469 e. The van der Waals surface area contributed by atoms with E-state index in [-0.39, 0.29) is 34.5 Å². The third-order valence-corrected chi connectivity index (χ3v) is 6.69. The molecule has 4 heterocycles. The van der Waals surface area contributed by atoms with Gasteiger partial charge in [-0.3, -0.25) is 28.5 Å². The lowest BCUT2D eigenvalue weighted by Crippen LogP contribution is -2.57. The van der Waals surface area contributed by atoms with Crippen molar-refractivity contribution in [3.8, 4) is 0 Å². The molecule has 2 amide bonds. The van der Waals surface area contributed by atoms with E-state index in [2.05, 4.69) is 10.3 Å². The first-order valence-electron chi connectivity index (χ1n) is 9.66. The molecule has 0 radical (unpaired) electrons. The van der Waals surface area contributed by atoms with Crippen molar-refractivity contribution in [3.63, 3.8) is 0 Å². The number of aromatic nitrogens is 2. The largest absolute Gasteiger partial charge is 0.469 e. The van der Waals surface area contributed by atoms with E-state index < -0.39 is 17.6 Å². The summed E-state index contributed by atoms with van der Waals surface area (Å²) in [5.41, 5.74) is 0.0949. The van der Waals surface area contributed by atoms with Crippen molar-refractivity contribution in [2.75, 3.05) is 32.1 Å². The van der Waals surface area contributed by atoms with Crippen LogP contribution < -0.4 is 15.8 Å². The fraction of sp³-hybridized carbons (Fsp3) is 0.300. The van der Waals surface area contributed by atoms with E-state index in [4.69, 9.17) is 17.0 Å². The SMILES string of the molecule is COC(=O)C[C@@H]1C(=O)NCCN1c1nc2ccccn2c(=O)c1/C=C1/SC(=S)N(C)C1=O. The molecule has 32 heavy (non-hydrogen) atoms. The molecule has 0 unspecified atom stereocenters. The Morgan fingerprint density at radius 3 is 2.84 bits per heavy atom. The summed E-state index contributed by atoms with van der Waals surface area (Å²) in [6.07, 6.45) is 2.81. The number of esters is 1. The number of methoxy groups -OCH3 is 1. The Morgan fingerprint density at radius 2 is 2.16 bits per heavy atom. The summed E-state index contributed by atoms with van der Waals surface area (Å²) in [6, 6.07) is 4.18. The number of hydrogen-bond acceptors (Lipinski definition) is 9. The van der Waals surface area contributed by atoms with Gasteiger partial charge in [-0.2, -0.15) is 0 Å². The summed E-state index contributed by atoms with van der Waals surface area (Å²) in [4.78, 5) is 58.4. The maximum Gasteiger partial charge on any atom is 0.308 e. The van der Waals surface area contributed by atoms with E-state index in [1.807, 2.05) is 0 Å². The molecule has 2 saturated heterocycles. The van der Waals surface area contributed by atoms with Gasteiger partial charge in [-0.05, 0) is 18.2 Å². The Labute approximate surface area is 192 Å². The Hall–Kier alpha value is -3.25. The van der Waals surface area contributed by atoms with Crippen LogP contribution in [0.5, 0.6) is 0 Å². The van der Waals surface area contributed by atoms with E-state index in [9.17, 15) is 19.2 Å². The number of thiocarbonyl (C=S) groups is 1. The highest BCUT2D eigenvalue weighted by atomic mass is 32.2. The summed E-state index contributed by atoms with van der Waals surface area (Å²) in [6.45, 7) is 0.626. The minimum absolute atomic E-state index is 0.132. The van der Waals surface area contributed by atoms with Gasteiger partial charge in [-0.15, -0.1) is 0 Å². The maximum atomic E-state index is 13.4. The molecule has 1 N–H and O–H groups in total. The molecule has 10 nitrogen and oxygen atoms in total. The van der Waals surface area contributed by atoms with Crippen LogP contribution in [0.25, 0.3) is 11.7 Å². The molecular weight excluding hydrogens is 454 g/mol. The van der Waals surface area contributed by atoms with Crippen LogP contribution in [0.15, 0.2) is 34.1 Å². The van der Waals surface area contributed by atoms with Gasteiger partial charge in [0.1, 0.15) is 21.8 Å². The number of amides is 2. The van der Waals surface area contributed by atoms with E-state index in [1.54, 1.807) is 36.3 Å². The number of fused-ring (bicyclic) bond motifs is 1. The summed E-state index contributed by atoms with van der Waals surface area (Å²) in [5, 5.41) is 2.73. The number of likely N-dealkylation sites (N-methyl/N-ethyl adjacent to an activating group) is 1. The highest BCUT2D eigenvalue weighted by Gasteiger charge is 2.36. The van der Waals surface area contributed by atoms with Gasteiger partial charge >= 0.3 is 5.97 Å². The van der Waals surface area contributed by atoms with Gasteiger partial charge in [0.25, 0.3) is 11.5 Å². The second kappa shape index (κ2) is 8.71. The van der Waals surface area contributed by atoms with Crippen molar-refractivity contribution in [1.82, 2.24) is 19.6 Å². The molecule has 2 aromatic heterocycles. The topological polar surface area (TPSA) is 113 Å². The highest BCUT2D eigenvalue weighted by molar-refractivity contribution is 8.26. The van der Waals surface area contributed by atoms with Gasteiger partial charge in [-0.25, -0.2) is 4.98 Å². The van der Waals surface area contributed by atoms with Crippen molar-refractivity contribution < 1.29 is 19.1 Å². The zero-order valence-corrected chi connectivity index (χ0v) is 18.9. The van der Waals surface area contributed by atoms with Gasteiger partial charge < -0.3 is 15.0 Å². The Morgan fingerprint density at radius 1 is 1.38 bits per heavy atom. The van der Waals surface area contributed by atoms with Gasteiger partial charge in [0.2, 0.25) is 5.91 Å². The van der Waals surface area contributed by atoms with Crippen LogP contribution in [0.2, 0.25) is 0 Å². The quantitative estimate of drug-likeness (QED) is 0.383. The third-order valence-electron chi connectivity index (χ3n) is 5.20. The molecule has 12 heteroatoms. The van der Waals surface area contributed by atoms with E-state index >= 15 is 0 Å². The lowest BCUT2D eigenvalue weighted by molar-refractivity contribution is -0.143. The van der Waals surface area contributed by atoms with E-state index in [1.165, 1.54) is 22.5 Å².